The Bertz CT molecular complexity index is 509. The average molecular weight is 265 g/mol. The summed E-state index contributed by atoms with van der Waals surface area (Å²) in [4.78, 5) is 19.6. The Labute approximate surface area is 110 Å². The van der Waals surface area contributed by atoms with Crippen LogP contribution in [0.3, 0.4) is 0 Å². The summed E-state index contributed by atoms with van der Waals surface area (Å²) in [6, 6.07) is 1.52. The molecule has 0 aromatic carbocycles. The Kier molecular flexibility index (Phi) is 3.10. The minimum atomic E-state index is -1.13. The van der Waals surface area contributed by atoms with Crippen LogP contribution in [0.25, 0.3) is 0 Å². The van der Waals surface area contributed by atoms with Gasteiger partial charge in [-0.15, -0.1) is 0 Å². The fraction of sp³-hybridized carbons (Fsp3) is 0.538. The molecule has 0 bridgehead atoms. The molecule has 1 N–H and O–H groups in total. The van der Waals surface area contributed by atoms with Crippen LogP contribution in [-0.4, -0.2) is 53.2 Å². The van der Waals surface area contributed by atoms with E-state index in [1.807, 2.05) is 4.90 Å². The Balaban J connectivity index is 1.87. The molecule has 2 saturated heterocycles. The predicted octanol–water partition coefficient (Wildman–Crippen LogP) is 1.20. The fourth-order valence-electron chi connectivity index (χ4n) is 3.02. The highest BCUT2D eigenvalue weighted by Gasteiger charge is 2.32. The molecule has 6 heteroatoms. The maximum Gasteiger partial charge on any atom is 0.339 e. The molecule has 1 aromatic rings. The van der Waals surface area contributed by atoms with Crippen LogP contribution < -0.4 is 4.90 Å². The predicted molar refractivity (Wildman–Crippen MR) is 68.0 cm³/mol. The van der Waals surface area contributed by atoms with Crippen molar-refractivity contribution in [1.82, 2.24) is 9.88 Å². The lowest BCUT2D eigenvalue weighted by molar-refractivity contribution is 0.0696. The third-order valence-electron chi connectivity index (χ3n) is 3.95. The number of hydrogen-bond donors (Lipinski definition) is 1. The first-order chi connectivity index (χ1) is 9.15. The van der Waals surface area contributed by atoms with Gasteiger partial charge in [0, 0.05) is 25.7 Å². The molecule has 0 aliphatic carbocycles. The van der Waals surface area contributed by atoms with Gasteiger partial charge in [-0.2, -0.15) is 0 Å². The maximum atomic E-state index is 13.1. The van der Waals surface area contributed by atoms with Crippen LogP contribution in [0, 0.1) is 5.82 Å². The van der Waals surface area contributed by atoms with E-state index in [1.54, 1.807) is 0 Å². The molecule has 2 aliphatic rings. The number of nitrogens with zero attached hydrogens (tertiary/aromatic N) is 3. The van der Waals surface area contributed by atoms with Crippen LogP contribution in [0.2, 0.25) is 0 Å². The molecule has 2 aliphatic heterocycles. The van der Waals surface area contributed by atoms with Crippen molar-refractivity contribution in [2.24, 2.45) is 0 Å². The highest BCUT2D eigenvalue weighted by atomic mass is 19.1. The topological polar surface area (TPSA) is 56.7 Å². The Morgan fingerprint density at radius 1 is 1.42 bits per heavy atom. The summed E-state index contributed by atoms with van der Waals surface area (Å²) in [6.07, 6.45) is 3.42. The highest BCUT2D eigenvalue weighted by molar-refractivity contribution is 5.93. The summed E-state index contributed by atoms with van der Waals surface area (Å²) >= 11 is 0. The van der Waals surface area contributed by atoms with E-state index in [0.717, 1.165) is 44.9 Å². The maximum absolute atomic E-state index is 13.1. The summed E-state index contributed by atoms with van der Waals surface area (Å²) in [6.45, 7) is 3.57. The van der Waals surface area contributed by atoms with Crippen LogP contribution in [0.15, 0.2) is 12.3 Å². The molecule has 1 aromatic heterocycles. The first kappa shape index (κ1) is 12.3. The van der Waals surface area contributed by atoms with E-state index >= 15 is 0 Å². The Morgan fingerprint density at radius 2 is 2.26 bits per heavy atom. The highest BCUT2D eigenvalue weighted by Crippen LogP contribution is 2.26. The van der Waals surface area contributed by atoms with Crippen molar-refractivity contribution in [2.45, 2.75) is 18.9 Å². The smallest absolute Gasteiger partial charge is 0.339 e. The molecule has 0 spiro atoms. The lowest BCUT2D eigenvalue weighted by Gasteiger charge is -2.38. The minimum Gasteiger partial charge on any atom is -0.478 e. The zero-order valence-electron chi connectivity index (χ0n) is 10.5. The SMILES string of the molecule is O=C(O)c1cc(F)cnc1N1CCN2CCCC2C1. The van der Waals surface area contributed by atoms with Crippen molar-refractivity contribution in [3.05, 3.63) is 23.6 Å². The molecule has 0 radical (unpaired) electrons. The van der Waals surface area contributed by atoms with E-state index in [9.17, 15) is 9.18 Å². The summed E-state index contributed by atoms with van der Waals surface area (Å²) in [5, 5.41) is 9.16. The van der Waals surface area contributed by atoms with Crippen LogP contribution >= 0.6 is 0 Å². The lowest BCUT2D eigenvalue weighted by Crippen LogP contribution is -2.50. The normalized spacial score (nSPS) is 23.4. The van der Waals surface area contributed by atoms with Gasteiger partial charge < -0.3 is 10.0 Å². The van der Waals surface area contributed by atoms with Gasteiger partial charge in [0.25, 0.3) is 0 Å². The molecular formula is C13H16FN3O2. The number of carboxylic acid groups (broad SMARTS) is 1. The van der Waals surface area contributed by atoms with Crippen molar-refractivity contribution in [3.8, 4) is 0 Å². The van der Waals surface area contributed by atoms with Crippen LogP contribution in [0.4, 0.5) is 10.2 Å². The third-order valence-corrected chi connectivity index (χ3v) is 3.95. The molecule has 3 rings (SSSR count). The number of pyridine rings is 1. The number of carbonyl (C=O) groups is 1. The zero-order valence-corrected chi connectivity index (χ0v) is 10.5. The largest absolute Gasteiger partial charge is 0.478 e. The van der Waals surface area contributed by atoms with E-state index in [-0.39, 0.29) is 5.56 Å². The second kappa shape index (κ2) is 4.77. The molecule has 19 heavy (non-hydrogen) atoms. The molecule has 3 heterocycles. The first-order valence-electron chi connectivity index (χ1n) is 6.53. The van der Waals surface area contributed by atoms with Gasteiger partial charge in [0.15, 0.2) is 0 Å². The van der Waals surface area contributed by atoms with E-state index < -0.39 is 11.8 Å². The number of fused-ring (bicyclic) bond motifs is 1. The van der Waals surface area contributed by atoms with Gasteiger partial charge in [-0.3, -0.25) is 4.90 Å². The number of rotatable bonds is 2. The van der Waals surface area contributed by atoms with Gasteiger partial charge in [-0.05, 0) is 25.5 Å². The average Bonchev–Trinajstić information content (AvgIpc) is 2.85. The number of aromatic nitrogens is 1. The van der Waals surface area contributed by atoms with Gasteiger partial charge in [-0.1, -0.05) is 0 Å². The fourth-order valence-corrected chi connectivity index (χ4v) is 3.02. The lowest BCUT2D eigenvalue weighted by atomic mass is 10.1. The van der Waals surface area contributed by atoms with E-state index in [1.165, 1.54) is 6.42 Å². The van der Waals surface area contributed by atoms with Gasteiger partial charge in [0.05, 0.1) is 6.20 Å². The monoisotopic (exact) mass is 265 g/mol. The van der Waals surface area contributed by atoms with E-state index in [0.29, 0.717) is 11.9 Å². The van der Waals surface area contributed by atoms with Gasteiger partial charge in [0.2, 0.25) is 0 Å². The van der Waals surface area contributed by atoms with Crippen molar-refractivity contribution in [1.29, 1.82) is 0 Å². The molecule has 5 nitrogen and oxygen atoms in total. The second-order valence-corrected chi connectivity index (χ2v) is 5.11. The third kappa shape index (κ3) is 2.28. The summed E-state index contributed by atoms with van der Waals surface area (Å²) in [5.74, 6) is -1.35. The zero-order chi connectivity index (χ0) is 13.4. The van der Waals surface area contributed by atoms with Crippen molar-refractivity contribution >= 4 is 11.8 Å². The van der Waals surface area contributed by atoms with Crippen molar-refractivity contribution in [3.63, 3.8) is 0 Å². The molecule has 1 atom stereocenters. The minimum absolute atomic E-state index is 0.0496. The summed E-state index contributed by atoms with van der Waals surface area (Å²) in [5.41, 5.74) is -0.0496. The standard InChI is InChI=1S/C13H16FN3O2/c14-9-6-11(13(18)19)12(15-7-9)17-5-4-16-3-1-2-10(16)8-17/h6-7,10H,1-5,8H2,(H,18,19). The van der Waals surface area contributed by atoms with Crippen LogP contribution in [0.5, 0.6) is 0 Å². The van der Waals surface area contributed by atoms with Crippen molar-refractivity contribution < 1.29 is 14.3 Å². The Morgan fingerprint density at radius 3 is 3.05 bits per heavy atom. The molecule has 102 valence electrons. The van der Waals surface area contributed by atoms with Gasteiger partial charge >= 0.3 is 5.97 Å². The second-order valence-electron chi connectivity index (χ2n) is 5.11. The number of halogens is 1. The summed E-state index contributed by atoms with van der Waals surface area (Å²) < 4.78 is 13.1. The first-order valence-corrected chi connectivity index (χ1v) is 6.53. The number of anilines is 1. The number of hydrogen-bond acceptors (Lipinski definition) is 4. The molecule has 0 amide bonds. The van der Waals surface area contributed by atoms with E-state index in [2.05, 4.69) is 9.88 Å². The van der Waals surface area contributed by atoms with Gasteiger partial charge in [-0.25, -0.2) is 14.2 Å². The molecule has 2 fully saturated rings. The summed E-state index contributed by atoms with van der Waals surface area (Å²) in [7, 11) is 0. The number of carboxylic acids is 1. The van der Waals surface area contributed by atoms with Gasteiger partial charge in [0.1, 0.15) is 17.2 Å². The molecule has 1 unspecified atom stereocenters. The van der Waals surface area contributed by atoms with Crippen LogP contribution in [-0.2, 0) is 0 Å². The number of piperazine rings is 1. The number of aromatic carboxylic acids is 1. The Hall–Kier alpha value is -1.69. The molecule has 0 saturated carbocycles. The van der Waals surface area contributed by atoms with E-state index in [4.69, 9.17) is 5.11 Å². The van der Waals surface area contributed by atoms with Crippen LogP contribution in [0.1, 0.15) is 23.2 Å². The quantitative estimate of drug-likeness (QED) is 0.871. The van der Waals surface area contributed by atoms with Crippen molar-refractivity contribution in [2.75, 3.05) is 31.1 Å². The molecular weight excluding hydrogens is 249 g/mol.